The summed E-state index contributed by atoms with van der Waals surface area (Å²) in [6.07, 6.45) is 9.43. The molecule has 1 atom stereocenters. The number of fused-ring (bicyclic) bond motifs is 3. The van der Waals surface area contributed by atoms with E-state index in [-0.39, 0.29) is 11.6 Å². The summed E-state index contributed by atoms with van der Waals surface area (Å²) in [6.45, 7) is 2.00. The number of aromatic nitrogens is 5. The van der Waals surface area contributed by atoms with E-state index in [2.05, 4.69) is 9.97 Å². The molecule has 0 spiro atoms. The van der Waals surface area contributed by atoms with Crippen LogP contribution in [-0.4, -0.2) is 24.1 Å². The Balaban J connectivity index is 1.59. The van der Waals surface area contributed by atoms with Gasteiger partial charge in [0.25, 0.3) is 11.3 Å². The van der Waals surface area contributed by atoms with Gasteiger partial charge in [0.2, 0.25) is 0 Å². The maximum Gasteiger partial charge on any atom is 0.262 e. The van der Waals surface area contributed by atoms with Gasteiger partial charge >= 0.3 is 0 Å². The molecule has 1 fully saturated rings. The number of benzene rings is 1. The third-order valence-electron chi connectivity index (χ3n) is 6.02. The topological polar surface area (TPSA) is 65.1 Å². The smallest absolute Gasteiger partial charge is 0.262 e. The molecule has 3 heterocycles. The highest BCUT2D eigenvalue weighted by Gasteiger charge is 2.21. The summed E-state index contributed by atoms with van der Waals surface area (Å²) in [6, 6.07) is 9.38. The average molecular weight is 408 g/mol. The molecule has 1 aliphatic rings. The van der Waals surface area contributed by atoms with Gasteiger partial charge in [0.15, 0.2) is 5.82 Å². The summed E-state index contributed by atoms with van der Waals surface area (Å²) in [5.41, 5.74) is 1.67. The molecule has 0 N–H and O–H groups in total. The Morgan fingerprint density at radius 1 is 1.10 bits per heavy atom. The molecule has 3 aromatic heterocycles. The van der Waals surface area contributed by atoms with E-state index in [1.54, 1.807) is 15.3 Å². The van der Waals surface area contributed by atoms with Crippen LogP contribution >= 0.6 is 11.6 Å². The molecule has 0 radical (unpaired) electrons. The zero-order valence-electron chi connectivity index (χ0n) is 16.3. The first-order valence-corrected chi connectivity index (χ1v) is 10.5. The second kappa shape index (κ2) is 7.26. The number of hydrogen-bond donors (Lipinski definition) is 0. The van der Waals surface area contributed by atoms with Crippen LogP contribution in [0.1, 0.15) is 62.4 Å². The van der Waals surface area contributed by atoms with Crippen molar-refractivity contribution in [3.63, 3.8) is 0 Å². The first-order valence-electron chi connectivity index (χ1n) is 10.1. The summed E-state index contributed by atoms with van der Waals surface area (Å²) in [5, 5.41) is 5.95. The fourth-order valence-electron chi connectivity index (χ4n) is 4.29. The fourth-order valence-corrected chi connectivity index (χ4v) is 4.42. The molecule has 1 aliphatic carbocycles. The summed E-state index contributed by atoms with van der Waals surface area (Å²) in [7, 11) is 0. The molecule has 0 amide bonds. The molecule has 0 bridgehead atoms. The molecule has 148 valence electrons. The highest BCUT2D eigenvalue weighted by atomic mass is 35.5. The molecule has 0 aliphatic heterocycles. The number of hydrogen-bond acceptors (Lipinski definition) is 4. The Morgan fingerprint density at radius 3 is 2.62 bits per heavy atom. The van der Waals surface area contributed by atoms with Crippen LogP contribution in [0.5, 0.6) is 0 Å². The minimum atomic E-state index is -0.117. The third-order valence-corrected chi connectivity index (χ3v) is 6.27. The minimum Gasteiger partial charge on any atom is -0.308 e. The van der Waals surface area contributed by atoms with Gasteiger partial charge < -0.3 is 4.57 Å². The summed E-state index contributed by atoms with van der Waals surface area (Å²) in [4.78, 5) is 22.3. The van der Waals surface area contributed by atoms with E-state index >= 15 is 0 Å². The van der Waals surface area contributed by atoms with E-state index < -0.39 is 0 Å². The van der Waals surface area contributed by atoms with Gasteiger partial charge in [-0.1, -0.05) is 43.0 Å². The van der Waals surface area contributed by atoms with E-state index in [0.29, 0.717) is 22.1 Å². The van der Waals surface area contributed by atoms with Crippen molar-refractivity contribution >= 4 is 28.3 Å². The molecular formula is C22H22ClN5O. The molecule has 1 aromatic carbocycles. The number of nitrogens with zero attached hydrogens (tertiary/aromatic N) is 5. The maximum atomic E-state index is 13.2. The van der Waals surface area contributed by atoms with Gasteiger partial charge in [-0.3, -0.25) is 4.79 Å². The lowest BCUT2D eigenvalue weighted by atomic mass is 9.89. The monoisotopic (exact) mass is 407 g/mol. The molecule has 1 saturated carbocycles. The van der Waals surface area contributed by atoms with E-state index in [0.717, 1.165) is 29.7 Å². The first kappa shape index (κ1) is 18.3. The van der Waals surface area contributed by atoms with Crippen molar-refractivity contribution in [2.24, 2.45) is 0 Å². The number of halogens is 1. The highest BCUT2D eigenvalue weighted by Crippen LogP contribution is 2.31. The van der Waals surface area contributed by atoms with E-state index in [4.69, 9.17) is 16.7 Å². The van der Waals surface area contributed by atoms with Crippen LogP contribution in [0.15, 0.2) is 47.5 Å². The van der Waals surface area contributed by atoms with Crippen molar-refractivity contribution in [3.8, 4) is 0 Å². The Labute approximate surface area is 173 Å². The van der Waals surface area contributed by atoms with Crippen molar-refractivity contribution in [2.75, 3.05) is 0 Å². The Hall–Kier alpha value is -2.73. The van der Waals surface area contributed by atoms with Crippen molar-refractivity contribution in [1.29, 1.82) is 0 Å². The van der Waals surface area contributed by atoms with Crippen LogP contribution in [0.4, 0.5) is 0 Å². The van der Waals surface area contributed by atoms with Gasteiger partial charge in [-0.05, 0) is 43.5 Å². The van der Waals surface area contributed by atoms with Crippen molar-refractivity contribution in [3.05, 3.63) is 69.5 Å². The first-order chi connectivity index (χ1) is 14.1. The fraction of sp³-hybridized carbons (Fsp3) is 0.364. The summed E-state index contributed by atoms with van der Waals surface area (Å²) < 4.78 is 3.44. The largest absolute Gasteiger partial charge is 0.308 e. The quantitative estimate of drug-likeness (QED) is 0.491. The predicted octanol–water partition coefficient (Wildman–Crippen LogP) is 4.75. The van der Waals surface area contributed by atoms with Crippen molar-refractivity contribution in [1.82, 2.24) is 24.1 Å². The lowest BCUT2D eigenvalue weighted by Crippen LogP contribution is -2.24. The second-order valence-corrected chi connectivity index (χ2v) is 8.27. The van der Waals surface area contributed by atoms with Crippen LogP contribution < -0.4 is 5.56 Å². The van der Waals surface area contributed by atoms with Gasteiger partial charge in [-0.2, -0.15) is 9.50 Å². The molecule has 1 unspecified atom stereocenters. The SMILES string of the molecule is CC(c1ccc(Cl)cc1)n1ccc2c(cnc3nc(C4CCCCC4)nn32)c1=O. The van der Waals surface area contributed by atoms with Crippen LogP contribution in [0.3, 0.4) is 0 Å². The van der Waals surface area contributed by atoms with E-state index in [1.807, 2.05) is 43.5 Å². The third kappa shape index (κ3) is 3.21. The van der Waals surface area contributed by atoms with Crippen LogP contribution in [0.2, 0.25) is 5.02 Å². The van der Waals surface area contributed by atoms with Gasteiger partial charge in [0.1, 0.15) is 0 Å². The van der Waals surface area contributed by atoms with Crippen LogP contribution in [0.25, 0.3) is 16.7 Å². The van der Waals surface area contributed by atoms with E-state index in [9.17, 15) is 4.79 Å². The Morgan fingerprint density at radius 2 is 1.86 bits per heavy atom. The van der Waals surface area contributed by atoms with E-state index in [1.165, 1.54) is 19.3 Å². The Kier molecular flexibility index (Phi) is 4.59. The molecule has 29 heavy (non-hydrogen) atoms. The highest BCUT2D eigenvalue weighted by molar-refractivity contribution is 6.30. The predicted molar refractivity (Wildman–Crippen MR) is 114 cm³/mol. The van der Waals surface area contributed by atoms with Gasteiger partial charge in [0.05, 0.1) is 16.9 Å². The average Bonchev–Trinajstić information content (AvgIpc) is 3.20. The molecule has 7 heteroatoms. The zero-order valence-corrected chi connectivity index (χ0v) is 17.0. The standard InChI is InChI=1S/C22H22ClN5O/c1-14(15-7-9-17(23)10-8-15)27-12-11-19-18(21(27)29)13-24-22-25-20(26-28(19)22)16-5-3-2-4-6-16/h7-14,16H,2-6H2,1H3. The second-order valence-electron chi connectivity index (χ2n) is 7.83. The molecule has 5 rings (SSSR count). The van der Waals surface area contributed by atoms with Crippen LogP contribution in [0, 0.1) is 0 Å². The molecular weight excluding hydrogens is 386 g/mol. The van der Waals surface area contributed by atoms with Crippen molar-refractivity contribution in [2.45, 2.75) is 51.0 Å². The minimum absolute atomic E-state index is 0.0888. The molecule has 4 aromatic rings. The lowest BCUT2D eigenvalue weighted by Gasteiger charge is -2.18. The molecule has 0 saturated heterocycles. The molecule has 6 nitrogen and oxygen atoms in total. The zero-order chi connectivity index (χ0) is 20.0. The van der Waals surface area contributed by atoms with Crippen molar-refractivity contribution < 1.29 is 0 Å². The summed E-state index contributed by atoms with van der Waals surface area (Å²) >= 11 is 5.99. The summed E-state index contributed by atoms with van der Waals surface area (Å²) in [5.74, 6) is 1.80. The normalized spacial score (nSPS) is 16.5. The lowest BCUT2D eigenvalue weighted by molar-refractivity contribution is 0.429. The Bertz CT molecular complexity index is 1240. The van der Waals surface area contributed by atoms with Crippen LogP contribution in [-0.2, 0) is 0 Å². The maximum absolute atomic E-state index is 13.2. The van der Waals surface area contributed by atoms with Gasteiger partial charge in [0, 0.05) is 23.3 Å². The van der Waals surface area contributed by atoms with Gasteiger partial charge in [-0.15, -0.1) is 5.10 Å². The van der Waals surface area contributed by atoms with Gasteiger partial charge in [-0.25, -0.2) is 4.98 Å². The number of rotatable bonds is 3. The number of pyridine rings is 1.